The standard InChI is InChI=1S/C15H17N3O6S/c1-7-8(2)17(5-16-7)14-11(15(22)24-6-23-9(3)20)18-12(21)10(4-19)13(18)25-14/h5,10,13,19H,4,6H2,1-3H3/t10-,13+/m0/s1. The summed E-state index contributed by atoms with van der Waals surface area (Å²) in [5.74, 6) is -2.27. The van der Waals surface area contributed by atoms with Crippen LogP contribution in [0.15, 0.2) is 12.0 Å². The number of hydrogen-bond acceptors (Lipinski definition) is 8. The number of hydrogen-bond donors (Lipinski definition) is 1. The van der Waals surface area contributed by atoms with Gasteiger partial charge >= 0.3 is 11.9 Å². The number of thioether (sulfide) groups is 1. The third kappa shape index (κ3) is 2.81. The lowest BCUT2D eigenvalue weighted by Gasteiger charge is -2.41. The van der Waals surface area contributed by atoms with Crippen molar-refractivity contribution in [2.24, 2.45) is 5.92 Å². The van der Waals surface area contributed by atoms with Crippen molar-refractivity contribution in [3.63, 3.8) is 0 Å². The summed E-state index contributed by atoms with van der Waals surface area (Å²) >= 11 is 1.29. The van der Waals surface area contributed by atoms with E-state index in [-0.39, 0.29) is 23.6 Å². The number of fused-ring (bicyclic) bond motifs is 1. The highest BCUT2D eigenvalue weighted by Gasteiger charge is 2.56. The van der Waals surface area contributed by atoms with E-state index in [0.717, 1.165) is 11.4 Å². The molecule has 25 heavy (non-hydrogen) atoms. The molecule has 3 rings (SSSR count). The summed E-state index contributed by atoms with van der Waals surface area (Å²) in [4.78, 5) is 41.1. The van der Waals surface area contributed by atoms with Gasteiger partial charge in [-0.25, -0.2) is 9.78 Å². The predicted molar refractivity (Wildman–Crippen MR) is 86.4 cm³/mol. The second kappa shape index (κ2) is 6.52. The molecule has 2 atom stereocenters. The lowest BCUT2D eigenvalue weighted by atomic mass is 9.98. The van der Waals surface area contributed by atoms with Crippen molar-refractivity contribution in [2.75, 3.05) is 13.4 Å². The number of esters is 2. The third-order valence-corrected chi connectivity index (χ3v) is 5.54. The summed E-state index contributed by atoms with van der Waals surface area (Å²) in [6, 6.07) is 0. The third-order valence-electron chi connectivity index (χ3n) is 4.14. The first-order valence-corrected chi connectivity index (χ1v) is 8.41. The maximum atomic E-state index is 12.5. The molecule has 2 aliphatic heterocycles. The number of aliphatic hydroxyl groups is 1. The van der Waals surface area contributed by atoms with Crippen molar-refractivity contribution in [1.82, 2.24) is 14.5 Å². The van der Waals surface area contributed by atoms with Gasteiger partial charge in [0.1, 0.15) is 16.7 Å². The Kier molecular flexibility index (Phi) is 4.56. The van der Waals surface area contributed by atoms with Crippen LogP contribution in [-0.4, -0.2) is 56.2 Å². The van der Waals surface area contributed by atoms with E-state index in [2.05, 4.69) is 9.72 Å². The quantitative estimate of drug-likeness (QED) is 0.447. The fourth-order valence-electron chi connectivity index (χ4n) is 2.63. The fourth-order valence-corrected chi connectivity index (χ4v) is 4.13. The molecular weight excluding hydrogens is 350 g/mol. The van der Waals surface area contributed by atoms with E-state index in [9.17, 15) is 19.5 Å². The van der Waals surface area contributed by atoms with Crippen LogP contribution in [0, 0.1) is 19.8 Å². The number of ether oxygens (including phenoxy) is 2. The molecule has 1 fully saturated rings. The highest BCUT2D eigenvalue weighted by atomic mass is 32.2. The Morgan fingerprint density at radius 1 is 1.36 bits per heavy atom. The van der Waals surface area contributed by atoms with E-state index < -0.39 is 24.6 Å². The Hall–Kier alpha value is -2.33. The lowest BCUT2D eigenvalue weighted by molar-refractivity contribution is -0.167. The Labute approximate surface area is 147 Å². The molecule has 0 spiro atoms. The maximum absolute atomic E-state index is 12.5. The van der Waals surface area contributed by atoms with Crippen LogP contribution in [0.4, 0.5) is 0 Å². The van der Waals surface area contributed by atoms with Crippen molar-refractivity contribution in [1.29, 1.82) is 0 Å². The Morgan fingerprint density at radius 3 is 2.64 bits per heavy atom. The number of imidazole rings is 1. The van der Waals surface area contributed by atoms with Crippen LogP contribution in [0.1, 0.15) is 18.3 Å². The van der Waals surface area contributed by atoms with E-state index in [1.54, 1.807) is 10.9 Å². The highest BCUT2D eigenvalue weighted by molar-refractivity contribution is 8.08. The summed E-state index contributed by atoms with van der Waals surface area (Å²) in [7, 11) is 0. The number of carbonyl (C=O) groups excluding carboxylic acids is 3. The zero-order valence-corrected chi connectivity index (χ0v) is 14.7. The molecule has 0 radical (unpaired) electrons. The van der Waals surface area contributed by atoms with Gasteiger partial charge in [-0.05, 0) is 13.8 Å². The number of aromatic nitrogens is 2. The molecule has 1 aromatic heterocycles. The summed E-state index contributed by atoms with van der Waals surface area (Å²) in [6.45, 7) is 4.05. The highest BCUT2D eigenvalue weighted by Crippen LogP contribution is 2.51. The molecule has 0 aromatic carbocycles. The van der Waals surface area contributed by atoms with Gasteiger partial charge in [0.15, 0.2) is 5.70 Å². The molecule has 0 aliphatic carbocycles. The molecule has 134 valence electrons. The van der Waals surface area contributed by atoms with Crippen LogP contribution in [-0.2, 0) is 23.9 Å². The number of aliphatic hydroxyl groups excluding tert-OH is 1. The maximum Gasteiger partial charge on any atom is 0.360 e. The van der Waals surface area contributed by atoms with Crippen LogP contribution >= 0.6 is 11.8 Å². The topological polar surface area (TPSA) is 111 Å². The average Bonchev–Trinajstić information content (AvgIpc) is 3.06. The van der Waals surface area contributed by atoms with E-state index >= 15 is 0 Å². The zero-order chi connectivity index (χ0) is 18.3. The van der Waals surface area contributed by atoms with Crippen molar-refractivity contribution in [3.05, 3.63) is 23.4 Å². The second-order valence-electron chi connectivity index (χ2n) is 5.63. The van der Waals surface area contributed by atoms with Gasteiger partial charge in [0.05, 0.1) is 18.2 Å². The number of amides is 1. The minimum Gasteiger partial charge on any atom is -0.428 e. The SMILES string of the molecule is CC(=O)OCOC(=O)C1=C(n2cnc(C)c2C)S[C@@H]2[C@@H](CO)C(=O)N12. The molecule has 9 nitrogen and oxygen atoms in total. The van der Waals surface area contributed by atoms with Crippen molar-refractivity contribution >= 4 is 34.6 Å². The Balaban J connectivity index is 1.93. The molecule has 3 heterocycles. The van der Waals surface area contributed by atoms with Crippen LogP contribution < -0.4 is 0 Å². The van der Waals surface area contributed by atoms with Crippen LogP contribution in [0.2, 0.25) is 0 Å². The Morgan fingerprint density at radius 2 is 2.08 bits per heavy atom. The summed E-state index contributed by atoms with van der Waals surface area (Å²) in [6.07, 6.45) is 1.57. The van der Waals surface area contributed by atoms with Gasteiger partial charge in [0, 0.05) is 12.6 Å². The molecule has 0 bridgehead atoms. The number of nitrogens with zero attached hydrogens (tertiary/aromatic N) is 3. The predicted octanol–water partition coefficient (Wildman–Crippen LogP) is 0.213. The first kappa shape index (κ1) is 17.5. The zero-order valence-electron chi connectivity index (χ0n) is 13.9. The molecular formula is C15H17N3O6S. The first-order valence-electron chi connectivity index (χ1n) is 7.53. The molecule has 0 unspecified atom stereocenters. The molecule has 1 N–H and O–H groups in total. The van der Waals surface area contributed by atoms with Gasteiger partial charge in [-0.2, -0.15) is 0 Å². The smallest absolute Gasteiger partial charge is 0.360 e. The molecule has 10 heteroatoms. The molecule has 0 saturated carbocycles. The minimum absolute atomic E-state index is 0.0670. The van der Waals surface area contributed by atoms with E-state index in [1.165, 1.54) is 23.6 Å². The normalized spacial score (nSPS) is 21.9. The molecule has 2 aliphatic rings. The summed E-state index contributed by atoms with van der Waals surface area (Å²) < 4.78 is 11.3. The van der Waals surface area contributed by atoms with Gasteiger partial charge in [0.25, 0.3) is 0 Å². The largest absolute Gasteiger partial charge is 0.428 e. The monoisotopic (exact) mass is 367 g/mol. The number of aryl methyl sites for hydroxylation is 1. The molecule has 1 saturated heterocycles. The van der Waals surface area contributed by atoms with E-state index in [4.69, 9.17) is 4.74 Å². The van der Waals surface area contributed by atoms with Crippen LogP contribution in [0.5, 0.6) is 0 Å². The van der Waals surface area contributed by atoms with Gasteiger partial charge in [-0.3, -0.25) is 19.1 Å². The van der Waals surface area contributed by atoms with Crippen LogP contribution in [0.25, 0.3) is 5.03 Å². The number of rotatable bonds is 5. The van der Waals surface area contributed by atoms with Gasteiger partial charge < -0.3 is 14.6 Å². The van der Waals surface area contributed by atoms with E-state index in [1.807, 2.05) is 13.8 Å². The van der Waals surface area contributed by atoms with Gasteiger partial charge in [-0.15, -0.1) is 0 Å². The Bertz CT molecular complexity index is 786. The first-order chi connectivity index (χ1) is 11.9. The molecule has 1 amide bonds. The van der Waals surface area contributed by atoms with Gasteiger partial charge in [0.2, 0.25) is 12.7 Å². The van der Waals surface area contributed by atoms with Crippen molar-refractivity contribution in [2.45, 2.75) is 26.1 Å². The number of carbonyl (C=O) groups is 3. The average molecular weight is 367 g/mol. The lowest BCUT2D eigenvalue weighted by Crippen LogP contribution is -2.58. The second-order valence-corrected chi connectivity index (χ2v) is 6.74. The fraction of sp³-hybridized carbons (Fsp3) is 0.467. The minimum atomic E-state index is -0.776. The van der Waals surface area contributed by atoms with Crippen molar-refractivity contribution in [3.8, 4) is 0 Å². The summed E-state index contributed by atoms with van der Waals surface area (Å²) in [5, 5.41) is 9.50. The van der Waals surface area contributed by atoms with Crippen molar-refractivity contribution < 1.29 is 29.0 Å². The van der Waals surface area contributed by atoms with Crippen LogP contribution in [0.3, 0.4) is 0 Å². The molecule has 1 aromatic rings. The summed E-state index contributed by atoms with van der Waals surface area (Å²) in [5.41, 5.74) is 1.68. The number of β-lactam (4-membered cyclic amide) rings is 1. The van der Waals surface area contributed by atoms with Gasteiger partial charge in [-0.1, -0.05) is 11.8 Å². The van der Waals surface area contributed by atoms with E-state index in [0.29, 0.717) is 5.03 Å².